The highest BCUT2D eigenvalue weighted by atomic mass is 16.6. The number of ether oxygens (including phenoxy) is 5. The monoisotopic (exact) mass is 854 g/mol. The van der Waals surface area contributed by atoms with E-state index in [1.54, 1.807) is 19.3 Å². The molecular weight excluding hydrogens is 809 g/mol. The Balaban J connectivity index is 0.894. The van der Waals surface area contributed by atoms with E-state index < -0.39 is 71.7 Å². The van der Waals surface area contributed by atoms with Gasteiger partial charge in [-0.2, -0.15) is 0 Å². The van der Waals surface area contributed by atoms with Crippen LogP contribution >= 0.6 is 0 Å². The average molecular weight is 855 g/mol. The van der Waals surface area contributed by atoms with Crippen molar-refractivity contribution in [3.63, 3.8) is 0 Å². The Morgan fingerprint density at radius 2 is 1.37 bits per heavy atom. The van der Waals surface area contributed by atoms with E-state index in [1.165, 1.54) is 12.1 Å². The molecule has 1 unspecified atom stereocenters. The number of nitrogens with zero attached hydrogens (tertiary/aromatic N) is 2. The number of rotatable bonds is 17. The van der Waals surface area contributed by atoms with Crippen LogP contribution in [0.5, 0.6) is 11.5 Å². The number of nitrogens with one attached hydrogen (secondary N) is 2. The van der Waals surface area contributed by atoms with Crippen LogP contribution in [0.3, 0.4) is 0 Å². The van der Waals surface area contributed by atoms with Crippen LogP contribution in [0.15, 0.2) is 133 Å². The molecule has 63 heavy (non-hydrogen) atoms. The first-order valence-electron chi connectivity index (χ1n) is 20.2. The lowest BCUT2D eigenvalue weighted by molar-refractivity contribution is -0.384. The summed E-state index contributed by atoms with van der Waals surface area (Å²) in [5.74, 6) is -1.85. The maximum absolute atomic E-state index is 13.1. The summed E-state index contributed by atoms with van der Waals surface area (Å²) >= 11 is 0. The van der Waals surface area contributed by atoms with E-state index in [0.29, 0.717) is 17.1 Å². The fourth-order valence-electron chi connectivity index (χ4n) is 8.02. The highest BCUT2D eigenvalue weighted by Gasteiger charge is 2.59. The van der Waals surface area contributed by atoms with Crippen molar-refractivity contribution in [1.29, 1.82) is 0 Å². The number of methoxy groups -OCH3 is 1. The lowest BCUT2D eigenvalue weighted by atomic mass is 9.76. The minimum Gasteiger partial charge on any atom is -0.497 e. The summed E-state index contributed by atoms with van der Waals surface area (Å²) in [4.78, 5) is 63.8. The number of esters is 2. The zero-order valence-electron chi connectivity index (χ0n) is 34.9. The lowest BCUT2D eigenvalue weighted by Gasteiger charge is -2.47. The Bertz CT molecular complexity index is 2420. The summed E-state index contributed by atoms with van der Waals surface area (Å²) in [7, 11) is 1.57. The zero-order valence-corrected chi connectivity index (χ0v) is 34.9. The maximum atomic E-state index is 13.1. The van der Waals surface area contributed by atoms with Gasteiger partial charge in [0.1, 0.15) is 36.9 Å². The van der Waals surface area contributed by atoms with Crippen molar-refractivity contribution in [2.45, 2.75) is 30.6 Å². The molecule has 324 valence electrons. The normalized spacial score (nSPS) is 15.6. The highest BCUT2D eigenvalue weighted by Crippen LogP contribution is 2.55. The van der Waals surface area contributed by atoms with Crippen LogP contribution in [-0.4, -0.2) is 81.0 Å². The van der Waals surface area contributed by atoms with Gasteiger partial charge in [0.15, 0.2) is 6.61 Å². The number of carbonyl (C=O) groups excluding carboxylic acids is 4. The molecule has 2 amide bonds. The lowest BCUT2D eigenvalue weighted by Crippen LogP contribution is -2.60. The molecule has 2 heterocycles. The molecule has 0 fully saturated rings. The molecule has 2 aliphatic rings. The van der Waals surface area contributed by atoms with Gasteiger partial charge in [0.25, 0.3) is 5.69 Å². The zero-order chi connectivity index (χ0) is 44.6. The molecule has 7 rings (SSSR count). The molecule has 0 aliphatic carbocycles. The standard InChI is InChI=1S/C48H46N4O11/c1-46(2)39-28-38(59-3)20-21-40(39)51(47(46)24-23-33-27-37(52(57)58)19-22-41(33)63-47)25-26-60-45(56)32-61-44(55)30-50-42(53)29-49-43(54)31-62-48(34-13-7-4-8-14-34,35-15-9-5-10-16-35)36-17-11-6-12-18-36/h4-24,27-28H,25-26,29-32H2,1-3H3,(H,49,54)(H,50,53). The summed E-state index contributed by atoms with van der Waals surface area (Å²) in [5.41, 5.74) is 1.67. The van der Waals surface area contributed by atoms with Gasteiger partial charge in [0.2, 0.25) is 17.5 Å². The minimum atomic E-state index is -1.13. The number of hydrogen-bond acceptors (Lipinski definition) is 12. The maximum Gasteiger partial charge on any atom is 0.344 e. The fraction of sp³-hybridized carbons (Fsp3) is 0.250. The number of nitro groups is 1. The second-order valence-electron chi connectivity index (χ2n) is 15.3. The van der Waals surface area contributed by atoms with Crippen LogP contribution in [0.25, 0.3) is 6.08 Å². The molecule has 15 heteroatoms. The largest absolute Gasteiger partial charge is 0.497 e. The molecule has 0 aromatic heterocycles. The van der Waals surface area contributed by atoms with Crippen molar-refractivity contribution in [3.05, 3.63) is 171 Å². The second kappa shape index (κ2) is 18.6. The Kier molecular flexibility index (Phi) is 12.9. The van der Waals surface area contributed by atoms with Crippen molar-refractivity contribution in [2.75, 3.05) is 51.5 Å². The first kappa shape index (κ1) is 43.6. The number of non-ortho nitro benzene ring substituents is 1. The summed E-state index contributed by atoms with van der Waals surface area (Å²) in [6.07, 6.45) is 3.63. The molecular formula is C48H46N4O11. The van der Waals surface area contributed by atoms with Crippen molar-refractivity contribution in [3.8, 4) is 11.5 Å². The second-order valence-corrected chi connectivity index (χ2v) is 15.3. The summed E-state index contributed by atoms with van der Waals surface area (Å²) in [6.45, 7) is 1.96. The quantitative estimate of drug-likeness (QED) is 0.0495. The van der Waals surface area contributed by atoms with Gasteiger partial charge >= 0.3 is 11.9 Å². The van der Waals surface area contributed by atoms with Gasteiger partial charge in [-0.15, -0.1) is 0 Å². The van der Waals surface area contributed by atoms with Crippen LogP contribution < -0.4 is 25.0 Å². The van der Waals surface area contributed by atoms with E-state index in [9.17, 15) is 29.3 Å². The SMILES string of the molecule is COc1ccc2c(c1)C(C)(C)C1(C=Cc3cc([N+](=O)[O-])ccc3O1)N2CCOC(=O)COC(=O)CNC(=O)CNC(=O)COC(c1ccccc1)(c1ccccc1)c1ccccc1. The number of benzene rings is 5. The van der Waals surface area contributed by atoms with Crippen molar-refractivity contribution in [1.82, 2.24) is 10.6 Å². The number of amides is 2. The van der Waals surface area contributed by atoms with Crippen LogP contribution in [0.1, 0.15) is 41.7 Å². The van der Waals surface area contributed by atoms with E-state index >= 15 is 0 Å². The van der Waals surface area contributed by atoms with Crippen LogP contribution in [-0.2, 0) is 44.4 Å². The van der Waals surface area contributed by atoms with E-state index in [0.717, 1.165) is 27.9 Å². The predicted octanol–water partition coefficient (Wildman–Crippen LogP) is 5.83. The van der Waals surface area contributed by atoms with Gasteiger partial charge in [-0.25, -0.2) is 4.79 Å². The summed E-state index contributed by atoms with van der Waals surface area (Å²) in [6, 6.07) is 38.6. The third-order valence-electron chi connectivity index (χ3n) is 11.2. The molecule has 0 bridgehead atoms. The van der Waals surface area contributed by atoms with E-state index in [2.05, 4.69) is 10.6 Å². The van der Waals surface area contributed by atoms with Gasteiger partial charge in [-0.05, 0) is 72.5 Å². The number of fused-ring (bicyclic) bond motifs is 2. The Labute approximate surface area is 363 Å². The van der Waals surface area contributed by atoms with E-state index in [4.69, 9.17) is 23.7 Å². The smallest absolute Gasteiger partial charge is 0.344 e. The molecule has 2 N–H and O–H groups in total. The number of anilines is 1. The molecule has 1 spiro atoms. The Morgan fingerprint density at radius 1 is 0.746 bits per heavy atom. The highest BCUT2D eigenvalue weighted by molar-refractivity contribution is 5.87. The number of nitro benzene ring substituents is 1. The molecule has 15 nitrogen and oxygen atoms in total. The van der Waals surface area contributed by atoms with Gasteiger partial charge in [0, 0.05) is 23.4 Å². The Hall–Kier alpha value is -7.52. The third-order valence-corrected chi connectivity index (χ3v) is 11.2. The third kappa shape index (κ3) is 8.95. The van der Waals surface area contributed by atoms with Crippen LogP contribution in [0, 0.1) is 10.1 Å². The van der Waals surface area contributed by atoms with Gasteiger partial charge in [-0.1, -0.05) is 91.0 Å². The molecule has 1 atom stereocenters. The van der Waals surface area contributed by atoms with Crippen molar-refractivity contribution >= 4 is 41.2 Å². The molecule has 0 saturated carbocycles. The van der Waals surface area contributed by atoms with E-state index in [1.807, 2.05) is 134 Å². The predicted molar refractivity (Wildman–Crippen MR) is 232 cm³/mol. The summed E-state index contributed by atoms with van der Waals surface area (Å²) in [5, 5.41) is 16.3. The van der Waals surface area contributed by atoms with E-state index in [-0.39, 0.29) is 18.8 Å². The molecule has 5 aromatic rings. The van der Waals surface area contributed by atoms with Crippen LogP contribution in [0.2, 0.25) is 0 Å². The topological polar surface area (TPSA) is 185 Å². The van der Waals surface area contributed by atoms with Crippen molar-refractivity contribution < 1.29 is 47.8 Å². The first-order valence-corrected chi connectivity index (χ1v) is 20.2. The molecule has 0 radical (unpaired) electrons. The molecule has 5 aromatic carbocycles. The van der Waals surface area contributed by atoms with Crippen LogP contribution in [0.4, 0.5) is 11.4 Å². The van der Waals surface area contributed by atoms with Gasteiger partial charge in [0.05, 0.1) is 30.5 Å². The van der Waals surface area contributed by atoms with Gasteiger partial charge in [-0.3, -0.25) is 24.5 Å². The number of hydrogen-bond donors (Lipinski definition) is 2. The first-order chi connectivity index (χ1) is 30.4. The molecule has 2 aliphatic heterocycles. The average Bonchev–Trinajstić information content (AvgIpc) is 3.48. The minimum absolute atomic E-state index is 0.0663. The fourth-order valence-corrected chi connectivity index (χ4v) is 8.02. The Morgan fingerprint density at radius 3 is 1.97 bits per heavy atom. The summed E-state index contributed by atoms with van der Waals surface area (Å²) < 4.78 is 29.2. The number of carbonyl (C=O) groups is 4. The molecule has 0 saturated heterocycles. The van der Waals surface area contributed by atoms with Crippen molar-refractivity contribution in [2.24, 2.45) is 0 Å². The van der Waals surface area contributed by atoms with Gasteiger partial charge < -0.3 is 39.2 Å².